The van der Waals surface area contributed by atoms with Crippen molar-refractivity contribution in [3.63, 3.8) is 0 Å². The van der Waals surface area contributed by atoms with Crippen LogP contribution in [0, 0.1) is 0 Å². The molecule has 0 spiro atoms. The van der Waals surface area contributed by atoms with Crippen molar-refractivity contribution in [2.75, 3.05) is 10.5 Å². The molecule has 0 aliphatic heterocycles. The van der Waals surface area contributed by atoms with E-state index in [4.69, 9.17) is 5.73 Å². The Balaban J connectivity index is 2.29. The lowest BCUT2D eigenvalue weighted by atomic mass is 10.1. The normalized spacial score (nSPS) is 11.7. The molecule has 0 aliphatic carbocycles. The van der Waals surface area contributed by atoms with Crippen molar-refractivity contribution in [3.05, 3.63) is 36.0 Å². The zero-order valence-electron chi connectivity index (χ0n) is 10.7. The van der Waals surface area contributed by atoms with E-state index >= 15 is 0 Å². The number of nitrogen functional groups attached to an aromatic ring is 1. The summed E-state index contributed by atoms with van der Waals surface area (Å²) in [5, 5.41) is 6.71. The van der Waals surface area contributed by atoms with Gasteiger partial charge in [-0.15, -0.1) is 0 Å². The van der Waals surface area contributed by atoms with Gasteiger partial charge >= 0.3 is 0 Å². The van der Waals surface area contributed by atoms with Crippen LogP contribution in [0.5, 0.6) is 0 Å². The lowest BCUT2D eigenvalue weighted by molar-refractivity contribution is 0.601. The highest BCUT2D eigenvalue weighted by atomic mass is 32.2. The molecule has 0 saturated heterocycles. The molecular weight excluding hydrogens is 264 g/mol. The number of nitrogens with zero attached hydrogens (tertiary/aromatic N) is 1. The van der Waals surface area contributed by atoms with Gasteiger partial charge in [0.25, 0.3) is 10.0 Å². The third kappa shape index (κ3) is 2.87. The predicted molar refractivity (Wildman–Crippen MR) is 74.3 cm³/mol. The largest absolute Gasteiger partial charge is 0.398 e. The minimum atomic E-state index is -3.71. The van der Waals surface area contributed by atoms with Gasteiger partial charge in [-0.1, -0.05) is 26.0 Å². The van der Waals surface area contributed by atoms with Gasteiger partial charge in [-0.05, 0) is 18.1 Å². The molecular formula is C12H16N4O2S. The predicted octanol–water partition coefficient (Wildman–Crippen LogP) is 1.92. The molecule has 0 radical (unpaired) electrons. The van der Waals surface area contributed by atoms with Crippen LogP contribution in [0.2, 0.25) is 0 Å². The van der Waals surface area contributed by atoms with Crippen molar-refractivity contribution >= 4 is 21.5 Å². The van der Waals surface area contributed by atoms with Gasteiger partial charge in [-0.3, -0.25) is 9.82 Å². The summed E-state index contributed by atoms with van der Waals surface area (Å²) in [6.45, 7) is 3.97. The molecule has 0 atom stereocenters. The fraction of sp³-hybridized carbons (Fsp3) is 0.250. The van der Waals surface area contributed by atoms with Crippen molar-refractivity contribution < 1.29 is 8.42 Å². The first kappa shape index (κ1) is 13.4. The molecule has 2 rings (SSSR count). The number of nitrogens with one attached hydrogen (secondary N) is 2. The lowest BCUT2D eigenvalue weighted by Crippen LogP contribution is -2.14. The fourth-order valence-electron chi connectivity index (χ4n) is 1.60. The van der Waals surface area contributed by atoms with Crippen LogP contribution in [-0.2, 0) is 10.0 Å². The van der Waals surface area contributed by atoms with Gasteiger partial charge in [-0.25, -0.2) is 8.42 Å². The van der Waals surface area contributed by atoms with Gasteiger partial charge in [0.05, 0.1) is 5.69 Å². The van der Waals surface area contributed by atoms with Crippen LogP contribution in [0.3, 0.4) is 0 Å². The number of nitrogens with two attached hydrogens (primary N) is 1. The summed E-state index contributed by atoms with van der Waals surface area (Å²) in [5.41, 5.74) is 6.73. The molecule has 0 saturated carbocycles. The highest BCUT2D eigenvalue weighted by molar-refractivity contribution is 7.92. The quantitative estimate of drug-likeness (QED) is 0.745. The SMILES string of the molecule is CC(C)c1cc(NS(=O)(=O)c2ccccc2N)n[nH]1. The molecule has 102 valence electrons. The second-order valence-electron chi connectivity index (χ2n) is 4.51. The molecule has 7 heteroatoms. The molecule has 1 aromatic carbocycles. The minimum Gasteiger partial charge on any atom is -0.398 e. The molecule has 0 unspecified atom stereocenters. The van der Waals surface area contributed by atoms with E-state index in [2.05, 4.69) is 14.9 Å². The van der Waals surface area contributed by atoms with Crippen molar-refractivity contribution in [2.24, 2.45) is 0 Å². The van der Waals surface area contributed by atoms with E-state index in [1.165, 1.54) is 6.07 Å². The summed E-state index contributed by atoms with van der Waals surface area (Å²) in [4.78, 5) is 0.0455. The first-order valence-corrected chi connectivity index (χ1v) is 7.31. The Morgan fingerprint density at radius 2 is 2.00 bits per heavy atom. The first-order chi connectivity index (χ1) is 8.90. The summed E-state index contributed by atoms with van der Waals surface area (Å²) < 4.78 is 26.7. The standard InChI is InChI=1S/C12H16N4O2S/c1-8(2)10-7-12(15-14-10)16-19(17,18)11-6-4-3-5-9(11)13/h3-8H,13H2,1-2H3,(H2,14,15,16). The number of hydrogen-bond acceptors (Lipinski definition) is 4. The summed E-state index contributed by atoms with van der Waals surface area (Å²) in [6.07, 6.45) is 0. The number of anilines is 2. The molecule has 19 heavy (non-hydrogen) atoms. The third-order valence-corrected chi connectivity index (χ3v) is 4.10. The van der Waals surface area contributed by atoms with Crippen molar-refractivity contribution in [2.45, 2.75) is 24.7 Å². The monoisotopic (exact) mass is 280 g/mol. The van der Waals surface area contributed by atoms with Gasteiger partial charge < -0.3 is 5.73 Å². The van der Waals surface area contributed by atoms with E-state index in [1.54, 1.807) is 24.3 Å². The lowest BCUT2D eigenvalue weighted by Gasteiger charge is -2.07. The van der Waals surface area contributed by atoms with Crippen LogP contribution in [0.4, 0.5) is 11.5 Å². The maximum absolute atomic E-state index is 12.2. The van der Waals surface area contributed by atoms with E-state index < -0.39 is 10.0 Å². The zero-order chi connectivity index (χ0) is 14.0. The molecule has 6 nitrogen and oxygen atoms in total. The maximum atomic E-state index is 12.2. The second kappa shape index (κ2) is 4.93. The van der Waals surface area contributed by atoms with E-state index in [-0.39, 0.29) is 22.3 Å². The molecule has 1 heterocycles. The number of hydrogen-bond donors (Lipinski definition) is 3. The number of para-hydroxylation sites is 1. The average molecular weight is 280 g/mol. The first-order valence-electron chi connectivity index (χ1n) is 5.83. The highest BCUT2D eigenvalue weighted by Crippen LogP contribution is 2.21. The number of benzene rings is 1. The maximum Gasteiger partial charge on any atom is 0.265 e. The minimum absolute atomic E-state index is 0.0455. The molecule has 0 fully saturated rings. The Morgan fingerprint density at radius 1 is 1.32 bits per heavy atom. The molecule has 0 aliphatic rings. The van der Waals surface area contributed by atoms with Crippen molar-refractivity contribution in [1.82, 2.24) is 10.2 Å². The Morgan fingerprint density at radius 3 is 2.58 bits per heavy atom. The Labute approximate surface area is 112 Å². The second-order valence-corrected chi connectivity index (χ2v) is 6.16. The van der Waals surface area contributed by atoms with Crippen molar-refractivity contribution in [3.8, 4) is 0 Å². The number of aromatic nitrogens is 2. The van der Waals surface area contributed by atoms with Crippen molar-refractivity contribution in [1.29, 1.82) is 0 Å². The van der Waals surface area contributed by atoms with Crippen LogP contribution in [0.15, 0.2) is 35.2 Å². The number of H-pyrrole nitrogens is 1. The highest BCUT2D eigenvalue weighted by Gasteiger charge is 2.18. The number of rotatable bonds is 4. The molecule has 2 aromatic rings. The van der Waals surface area contributed by atoms with Gasteiger partial charge in [-0.2, -0.15) is 5.10 Å². The molecule has 4 N–H and O–H groups in total. The van der Waals surface area contributed by atoms with Gasteiger partial charge in [0, 0.05) is 11.8 Å². The van der Waals surface area contributed by atoms with Crippen LogP contribution in [0.25, 0.3) is 0 Å². The summed E-state index contributed by atoms with van der Waals surface area (Å²) >= 11 is 0. The van der Waals surface area contributed by atoms with E-state index in [1.807, 2.05) is 13.8 Å². The Bertz CT molecular complexity index is 677. The Hall–Kier alpha value is -2.02. The zero-order valence-corrected chi connectivity index (χ0v) is 11.5. The average Bonchev–Trinajstić information content (AvgIpc) is 2.77. The molecule has 0 bridgehead atoms. The molecule has 1 aromatic heterocycles. The van der Waals surface area contributed by atoms with Crippen LogP contribution < -0.4 is 10.5 Å². The summed E-state index contributed by atoms with van der Waals surface area (Å²) in [5.74, 6) is 0.500. The topological polar surface area (TPSA) is 101 Å². The van der Waals surface area contributed by atoms with E-state index in [0.29, 0.717) is 0 Å². The third-order valence-electron chi connectivity index (χ3n) is 2.67. The van der Waals surface area contributed by atoms with E-state index in [9.17, 15) is 8.42 Å². The van der Waals surface area contributed by atoms with Crippen LogP contribution in [0.1, 0.15) is 25.5 Å². The Kier molecular flexibility index (Phi) is 3.48. The number of aromatic amines is 1. The smallest absolute Gasteiger partial charge is 0.265 e. The van der Waals surface area contributed by atoms with Gasteiger partial charge in [0.1, 0.15) is 4.90 Å². The van der Waals surface area contributed by atoms with Gasteiger partial charge in [0.2, 0.25) is 0 Å². The molecule has 0 amide bonds. The van der Waals surface area contributed by atoms with Crippen LogP contribution >= 0.6 is 0 Å². The van der Waals surface area contributed by atoms with Gasteiger partial charge in [0.15, 0.2) is 5.82 Å². The number of sulfonamides is 1. The summed E-state index contributed by atoms with van der Waals surface area (Å²) in [6, 6.07) is 7.96. The van der Waals surface area contributed by atoms with Crippen LogP contribution in [-0.4, -0.2) is 18.6 Å². The fourth-order valence-corrected chi connectivity index (χ4v) is 2.73. The summed E-state index contributed by atoms with van der Waals surface area (Å²) in [7, 11) is -3.71. The van der Waals surface area contributed by atoms with E-state index in [0.717, 1.165) is 5.69 Å².